The minimum Gasteiger partial charge on any atom is -0.320 e. The highest BCUT2D eigenvalue weighted by molar-refractivity contribution is 6.31. The molecule has 0 aliphatic rings. The van der Waals surface area contributed by atoms with Crippen LogP contribution >= 0.6 is 24.0 Å². The van der Waals surface area contributed by atoms with E-state index in [0.717, 1.165) is 12.1 Å². The molecule has 0 radical (unpaired) electrons. The molecule has 0 atom stereocenters. The Morgan fingerprint density at radius 2 is 1.82 bits per heavy atom. The summed E-state index contributed by atoms with van der Waals surface area (Å²) in [6, 6.07) is 7.61. The van der Waals surface area contributed by atoms with Gasteiger partial charge in [-0.2, -0.15) is 0 Å². The standard InChI is InChI=1S/C16H10ClF2NO.ClH/c17-11-7-6-10(3-2-8-20)12(9-11)16(21)15-13(18)4-1-5-14(15)19;/h1,4-7,9H,8,20H2;1H. The second-order valence-electron chi connectivity index (χ2n) is 4.12. The van der Waals surface area contributed by atoms with E-state index in [1.807, 2.05) is 0 Å². The molecule has 0 aliphatic heterocycles. The van der Waals surface area contributed by atoms with Gasteiger partial charge in [0.2, 0.25) is 0 Å². The lowest BCUT2D eigenvalue weighted by Gasteiger charge is -2.07. The van der Waals surface area contributed by atoms with Crippen LogP contribution in [-0.4, -0.2) is 12.3 Å². The fraction of sp³-hybridized carbons (Fsp3) is 0.0625. The van der Waals surface area contributed by atoms with Crippen LogP contribution in [0.5, 0.6) is 0 Å². The molecule has 0 fully saturated rings. The molecule has 2 aromatic carbocycles. The number of rotatable bonds is 2. The lowest BCUT2D eigenvalue weighted by atomic mass is 9.97. The van der Waals surface area contributed by atoms with Gasteiger partial charge in [0.15, 0.2) is 5.78 Å². The fourth-order valence-electron chi connectivity index (χ4n) is 1.81. The average molecular weight is 342 g/mol. The molecule has 0 saturated heterocycles. The van der Waals surface area contributed by atoms with Crippen molar-refractivity contribution >= 4 is 29.8 Å². The smallest absolute Gasteiger partial charge is 0.200 e. The largest absolute Gasteiger partial charge is 0.320 e. The summed E-state index contributed by atoms with van der Waals surface area (Å²) in [5.41, 5.74) is 5.01. The predicted molar refractivity (Wildman–Crippen MR) is 84.4 cm³/mol. The van der Waals surface area contributed by atoms with Crippen LogP contribution in [0, 0.1) is 23.5 Å². The molecule has 6 heteroatoms. The van der Waals surface area contributed by atoms with Crippen molar-refractivity contribution in [3.05, 3.63) is 69.7 Å². The van der Waals surface area contributed by atoms with Gasteiger partial charge in [0.05, 0.1) is 12.1 Å². The van der Waals surface area contributed by atoms with Crippen LogP contribution in [0.2, 0.25) is 5.02 Å². The number of nitrogens with two attached hydrogens (primary N) is 1. The normalized spacial score (nSPS) is 9.45. The molecule has 0 saturated carbocycles. The maximum Gasteiger partial charge on any atom is 0.200 e. The van der Waals surface area contributed by atoms with Crippen molar-refractivity contribution in [2.75, 3.05) is 6.54 Å². The quantitative estimate of drug-likeness (QED) is 0.670. The van der Waals surface area contributed by atoms with Crippen LogP contribution in [0.15, 0.2) is 36.4 Å². The Morgan fingerprint density at radius 3 is 2.41 bits per heavy atom. The van der Waals surface area contributed by atoms with Crippen molar-refractivity contribution in [2.45, 2.75) is 0 Å². The highest BCUT2D eigenvalue weighted by Crippen LogP contribution is 2.22. The third-order valence-corrected chi connectivity index (χ3v) is 2.98. The zero-order valence-electron chi connectivity index (χ0n) is 11.2. The number of benzene rings is 2. The molecule has 0 bridgehead atoms. The van der Waals surface area contributed by atoms with Crippen LogP contribution in [0.25, 0.3) is 0 Å². The van der Waals surface area contributed by atoms with E-state index in [0.29, 0.717) is 5.56 Å². The van der Waals surface area contributed by atoms with E-state index < -0.39 is 23.0 Å². The van der Waals surface area contributed by atoms with Gasteiger partial charge in [-0.05, 0) is 30.3 Å². The molecule has 0 aliphatic carbocycles. The van der Waals surface area contributed by atoms with Crippen LogP contribution in [0.3, 0.4) is 0 Å². The third kappa shape index (κ3) is 3.83. The van der Waals surface area contributed by atoms with Gasteiger partial charge < -0.3 is 5.73 Å². The fourth-order valence-corrected chi connectivity index (χ4v) is 1.98. The molecule has 2 N–H and O–H groups in total. The second-order valence-corrected chi connectivity index (χ2v) is 4.56. The number of halogens is 4. The number of hydrogen-bond acceptors (Lipinski definition) is 2. The molecule has 0 unspecified atom stereocenters. The van der Waals surface area contributed by atoms with Crippen LogP contribution < -0.4 is 5.73 Å². The molecule has 2 nitrogen and oxygen atoms in total. The van der Waals surface area contributed by atoms with E-state index in [1.165, 1.54) is 24.3 Å². The minimum absolute atomic E-state index is 0. The first kappa shape index (κ1) is 18.1. The van der Waals surface area contributed by atoms with Crippen molar-refractivity contribution in [3.8, 4) is 11.8 Å². The Kier molecular flexibility index (Phi) is 6.51. The van der Waals surface area contributed by atoms with E-state index in [1.54, 1.807) is 0 Å². The van der Waals surface area contributed by atoms with E-state index in [-0.39, 0.29) is 29.5 Å². The van der Waals surface area contributed by atoms with E-state index in [2.05, 4.69) is 11.8 Å². The Bertz CT molecular complexity index is 746. The molecule has 2 rings (SSSR count). The zero-order chi connectivity index (χ0) is 15.4. The molecule has 0 amide bonds. The van der Waals surface area contributed by atoms with Gasteiger partial charge in [0.1, 0.15) is 11.6 Å². The van der Waals surface area contributed by atoms with Crippen molar-refractivity contribution < 1.29 is 13.6 Å². The van der Waals surface area contributed by atoms with Gasteiger partial charge in [-0.25, -0.2) is 8.78 Å². The summed E-state index contributed by atoms with van der Waals surface area (Å²) in [5, 5.41) is 0.272. The lowest BCUT2D eigenvalue weighted by molar-refractivity contribution is 0.103. The summed E-state index contributed by atoms with van der Waals surface area (Å²) in [5.74, 6) is 2.61. The summed E-state index contributed by atoms with van der Waals surface area (Å²) in [4.78, 5) is 12.4. The Balaban J connectivity index is 0.00000242. The average Bonchev–Trinajstić information content (AvgIpc) is 2.45. The van der Waals surface area contributed by atoms with E-state index in [4.69, 9.17) is 17.3 Å². The molecular formula is C16H11Cl2F2NO. The Hall–Kier alpha value is -1.93. The summed E-state index contributed by atoms with van der Waals surface area (Å²) in [6.07, 6.45) is 0. The third-order valence-electron chi connectivity index (χ3n) is 2.74. The first-order chi connectivity index (χ1) is 10.0. The molecule has 0 spiro atoms. The maximum atomic E-state index is 13.7. The molecule has 22 heavy (non-hydrogen) atoms. The van der Waals surface area contributed by atoms with Crippen molar-refractivity contribution in [1.29, 1.82) is 0 Å². The molecular weight excluding hydrogens is 331 g/mol. The van der Waals surface area contributed by atoms with Crippen LogP contribution in [-0.2, 0) is 0 Å². The minimum atomic E-state index is -0.933. The highest BCUT2D eigenvalue weighted by Gasteiger charge is 2.21. The summed E-state index contributed by atoms with van der Waals surface area (Å²) < 4.78 is 27.4. The van der Waals surface area contributed by atoms with Crippen molar-refractivity contribution in [2.24, 2.45) is 5.73 Å². The first-order valence-electron chi connectivity index (χ1n) is 6.01. The van der Waals surface area contributed by atoms with Crippen molar-refractivity contribution in [3.63, 3.8) is 0 Å². The zero-order valence-corrected chi connectivity index (χ0v) is 12.8. The number of carbonyl (C=O) groups excluding carboxylic acids is 1. The number of ketones is 1. The van der Waals surface area contributed by atoms with Gasteiger partial charge in [-0.1, -0.05) is 29.5 Å². The molecule has 114 valence electrons. The summed E-state index contributed by atoms with van der Waals surface area (Å²) in [6.45, 7) is 0.102. The Morgan fingerprint density at radius 1 is 1.18 bits per heavy atom. The summed E-state index contributed by atoms with van der Waals surface area (Å²) in [7, 11) is 0. The molecule has 2 aromatic rings. The van der Waals surface area contributed by atoms with Crippen molar-refractivity contribution in [1.82, 2.24) is 0 Å². The Labute approximate surface area is 137 Å². The first-order valence-corrected chi connectivity index (χ1v) is 6.39. The second kappa shape index (κ2) is 7.90. The topological polar surface area (TPSA) is 43.1 Å². The predicted octanol–water partition coefficient (Wildman–Crippen LogP) is 3.58. The number of carbonyl (C=O) groups is 1. The van der Waals surface area contributed by atoms with E-state index in [9.17, 15) is 13.6 Å². The van der Waals surface area contributed by atoms with Gasteiger partial charge in [-0.15, -0.1) is 12.4 Å². The van der Waals surface area contributed by atoms with Gasteiger partial charge in [0, 0.05) is 16.1 Å². The molecule has 0 aromatic heterocycles. The summed E-state index contributed by atoms with van der Waals surface area (Å²) >= 11 is 5.85. The monoisotopic (exact) mass is 341 g/mol. The van der Waals surface area contributed by atoms with Gasteiger partial charge in [0.25, 0.3) is 0 Å². The van der Waals surface area contributed by atoms with Gasteiger partial charge in [-0.3, -0.25) is 4.79 Å². The van der Waals surface area contributed by atoms with Gasteiger partial charge >= 0.3 is 0 Å². The van der Waals surface area contributed by atoms with E-state index >= 15 is 0 Å². The van der Waals surface area contributed by atoms with Crippen LogP contribution in [0.4, 0.5) is 8.78 Å². The maximum absolute atomic E-state index is 13.7. The lowest BCUT2D eigenvalue weighted by Crippen LogP contribution is -2.09. The highest BCUT2D eigenvalue weighted by atomic mass is 35.5. The molecule has 0 heterocycles. The number of hydrogen-bond donors (Lipinski definition) is 1. The van der Waals surface area contributed by atoms with Crippen LogP contribution in [0.1, 0.15) is 21.5 Å². The SMILES string of the molecule is Cl.NCC#Cc1ccc(Cl)cc1C(=O)c1c(F)cccc1F.